The Kier molecular flexibility index (Phi) is 5.87. The molecule has 2 aliphatic heterocycles. The molecule has 0 bridgehead atoms. The SMILES string of the molecule is C[C@@H]1C[C@H](N)CCN1C(=O)CN1CCN(Cc2ccccc2)CC1. The summed E-state index contributed by atoms with van der Waals surface area (Å²) in [6.07, 6.45) is 1.86. The van der Waals surface area contributed by atoms with E-state index in [9.17, 15) is 4.79 Å². The van der Waals surface area contributed by atoms with E-state index in [4.69, 9.17) is 5.73 Å². The number of rotatable bonds is 4. The largest absolute Gasteiger partial charge is 0.339 e. The van der Waals surface area contributed by atoms with Gasteiger partial charge in [0.2, 0.25) is 5.91 Å². The molecule has 2 saturated heterocycles. The van der Waals surface area contributed by atoms with Crippen LogP contribution >= 0.6 is 0 Å². The van der Waals surface area contributed by atoms with Crippen LogP contribution in [-0.2, 0) is 11.3 Å². The predicted molar refractivity (Wildman–Crippen MR) is 96.5 cm³/mol. The van der Waals surface area contributed by atoms with Gasteiger partial charge < -0.3 is 10.6 Å². The third-order valence-electron chi connectivity index (χ3n) is 5.31. The van der Waals surface area contributed by atoms with Crippen LogP contribution in [0, 0.1) is 0 Å². The van der Waals surface area contributed by atoms with Crippen LogP contribution in [0.25, 0.3) is 0 Å². The van der Waals surface area contributed by atoms with E-state index >= 15 is 0 Å². The summed E-state index contributed by atoms with van der Waals surface area (Å²) in [6, 6.07) is 11.1. The highest BCUT2D eigenvalue weighted by Crippen LogP contribution is 2.16. The van der Waals surface area contributed by atoms with Crippen LogP contribution in [0.15, 0.2) is 30.3 Å². The van der Waals surface area contributed by atoms with Gasteiger partial charge in [0.05, 0.1) is 6.54 Å². The summed E-state index contributed by atoms with van der Waals surface area (Å²) in [7, 11) is 0. The molecule has 0 aromatic heterocycles. The Morgan fingerprint density at radius 2 is 1.75 bits per heavy atom. The molecular weight excluding hydrogens is 300 g/mol. The number of amides is 1. The molecule has 5 heteroatoms. The quantitative estimate of drug-likeness (QED) is 0.900. The maximum atomic E-state index is 12.6. The third kappa shape index (κ3) is 4.56. The first-order valence-electron chi connectivity index (χ1n) is 9.15. The molecule has 132 valence electrons. The molecule has 0 spiro atoms. The summed E-state index contributed by atoms with van der Waals surface area (Å²) < 4.78 is 0. The Balaban J connectivity index is 1.43. The molecule has 0 aliphatic carbocycles. The fourth-order valence-electron chi connectivity index (χ4n) is 3.81. The van der Waals surface area contributed by atoms with E-state index in [-0.39, 0.29) is 18.0 Å². The highest BCUT2D eigenvalue weighted by molar-refractivity contribution is 5.78. The molecule has 24 heavy (non-hydrogen) atoms. The topological polar surface area (TPSA) is 52.8 Å². The number of piperazine rings is 1. The van der Waals surface area contributed by atoms with Crippen molar-refractivity contribution in [2.45, 2.75) is 38.4 Å². The number of benzene rings is 1. The molecule has 0 saturated carbocycles. The second-order valence-electron chi connectivity index (χ2n) is 7.26. The molecule has 1 aromatic carbocycles. The first kappa shape index (κ1) is 17.4. The summed E-state index contributed by atoms with van der Waals surface area (Å²) in [6.45, 7) is 8.50. The normalized spacial score (nSPS) is 26.5. The molecule has 5 nitrogen and oxygen atoms in total. The van der Waals surface area contributed by atoms with Gasteiger partial charge in [0.15, 0.2) is 0 Å². The minimum absolute atomic E-state index is 0.255. The van der Waals surface area contributed by atoms with Crippen molar-refractivity contribution in [3.8, 4) is 0 Å². The number of hydrogen-bond acceptors (Lipinski definition) is 4. The van der Waals surface area contributed by atoms with Gasteiger partial charge >= 0.3 is 0 Å². The zero-order valence-electron chi connectivity index (χ0n) is 14.7. The molecule has 2 fully saturated rings. The van der Waals surface area contributed by atoms with E-state index in [1.807, 2.05) is 4.90 Å². The van der Waals surface area contributed by atoms with Gasteiger partial charge in [-0.3, -0.25) is 14.6 Å². The highest BCUT2D eigenvalue weighted by atomic mass is 16.2. The monoisotopic (exact) mass is 330 g/mol. The van der Waals surface area contributed by atoms with Crippen LogP contribution in [0.2, 0.25) is 0 Å². The van der Waals surface area contributed by atoms with Crippen molar-refractivity contribution in [1.29, 1.82) is 0 Å². The zero-order valence-corrected chi connectivity index (χ0v) is 14.7. The van der Waals surface area contributed by atoms with Crippen molar-refractivity contribution in [1.82, 2.24) is 14.7 Å². The Morgan fingerprint density at radius 1 is 1.08 bits per heavy atom. The minimum atomic E-state index is 0.255. The van der Waals surface area contributed by atoms with Crippen molar-refractivity contribution in [2.75, 3.05) is 39.3 Å². The Bertz CT molecular complexity index is 527. The average molecular weight is 330 g/mol. The highest BCUT2D eigenvalue weighted by Gasteiger charge is 2.28. The van der Waals surface area contributed by atoms with Gasteiger partial charge in [0.1, 0.15) is 0 Å². The van der Waals surface area contributed by atoms with Crippen molar-refractivity contribution in [3.63, 3.8) is 0 Å². The number of likely N-dealkylation sites (tertiary alicyclic amines) is 1. The maximum absolute atomic E-state index is 12.6. The van der Waals surface area contributed by atoms with Crippen LogP contribution in [0.5, 0.6) is 0 Å². The van der Waals surface area contributed by atoms with Crippen LogP contribution in [0.3, 0.4) is 0 Å². The second-order valence-corrected chi connectivity index (χ2v) is 7.26. The lowest BCUT2D eigenvalue weighted by Crippen LogP contribution is -2.53. The van der Waals surface area contributed by atoms with E-state index in [0.29, 0.717) is 6.54 Å². The lowest BCUT2D eigenvalue weighted by molar-refractivity contribution is -0.136. The second kappa shape index (κ2) is 8.10. The van der Waals surface area contributed by atoms with E-state index in [0.717, 1.165) is 52.1 Å². The van der Waals surface area contributed by atoms with E-state index in [1.165, 1.54) is 5.56 Å². The fourth-order valence-corrected chi connectivity index (χ4v) is 3.81. The molecule has 3 rings (SSSR count). The summed E-state index contributed by atoms with van der Waals surface area (Å²) >= 11 is 0. The van der Waals surface area contributed by atoms with Crippen LogP contribution in [0.4, 0.5) is 0 Å². The van der Waals surface area contributed by atoms with Gasteiger partial charge in [-0.1, -0.05) is 30.3 Å². The maximum Gasteiger partial charge on any atom is 0.236 e. The Labute approximate surface area is 145 Å². The van der Waals surface area contributed by atoms with Gasteiger partial charge in [0.25, 0.3) is 0 Å². The summed E-state index contributed by atoms with van der Waals surface area (Å²) in [5.74, 6) is 0.269. The van der Waals surface area contributed by atoms with Gasteiger partial charge in [0, 0.05) is 51.4 Å². The standard InChI is InChI=1S/C19H30N4O/c1-16-13-18(20)7-8-23(16)19(24)15-22-11-9-21(10-12-22)14-17-5-3-2-4-6-17/h2-6,16,18H,7-15,20H2,1H3/t16-,18-/m1/s1. The van der Waals surface area contributed by atoms with Crippen LogP contribution in [0.1, 0.15) is 25.3 Å². The van der Waals surface area contributed by atoms with Gasteiger partial charge in [-0.2, -0.15) is 0 Å². The van der Waals surface area contributed by atoms with Gasteiger partial charge in [-0.25, -0.2) is 0 Å². The van der Waals surface area contributed by atoms with Gasteiger partial charge in [-0.15, -0.1) is 0 Å². The number of nitrogens with zero attached hydrogens (tertiary/aromatic N) is 3. The Hall–Kier alpha value is -1.43. The van der Waals surface area contributed by atoms with E-state index in [2.05, 4.69) is 47.1 Å². The molecule has 1 aromatic rings. The van der Waals surface area contributed by atoms with Crippen LogP contribution < -0.4 is 5.73 Å². The van der Waals surface area contributed by atoms with Crippen molar-refractivity contribution >= 4 is 5.91 Å². The molecule has 2 N–H and O–H groups in total. The summed E-state index contributed by atoms with van der Waals surface area (Å²) in [5, 5.41) is 0. The number of piperidine rings is 1. The third-order valence-corrected chi connectivity index (χ3v) is 5.31. The first-order valence-corrected chi connectivity index (χ1v) is 9.15. The zero-order chi connectivity index (χ0) is 16.9. The number of carbonyl (C=O) groups is 1. The fraction of sp³-hybridized carbons (Fsp3) is 0.632. The average Bonchev–Trinajstić information content (AvgIpc) is 2.57. The summed E-state index contributed by atoms with van der Waals surface area (Å²) in [4.78, 5) is 19.4. The molecular formula is C19H30N4O. The van der Waals surface area contributed by atoms with Crippen molar-refractivity contribution < 1.29 is 4.79 Å². The van der Waals surface area contributed by atoms with E-state index < -0.39 is 0 Å². The minimum Gasteiger partial charge on any atom is -0.339 e. The molecule has 2 atom stereocenters. The van der Waals surface area contributed by atoms with E-state index in [1.54, 1.807) is 0 Å². The molecule has 2 aliphatic rings. The van der Waals surface area contributed by atoms with Crippen molar-refractivity contribution in [3.05, 3.63) is 35.9 Å². The number of hydrogen-bond donors (Lipinski definition) is 1. The molecule has 0 radical (unpaired) electrons. The molecule has 0 unspecified atom stereocenters. The van der Waals surface area contributed by atoms with Gasteiger partial charge in [-0.05, 0) is 25.3 Å². The Morgan fingerprint density at radius 3 is 2.42 bits per heavy atom. The lowest BCUT2D eigenvalue weighted by atomic mass is 9.99. The van der Waals surface area contributed by atoms with Crippen molar-refractivity contribution in [2.24, 2.45) is 5.73 Å². The smallest absolute Gasteiger partial charge is 0.236 e. The lowest BCUT2D eigenvalue weighted by Gasteiger charge is -2.39. The summed E-state index contributed by atoms with van der Waals surface area (Å²) in [5.41, 5.74) is 7.36. The molecule has 2 heterocycles. The molecule has 1 amide bonds. The number of carbonyl (C=O) groups excluding carboxylic acids is 1. The first-order chi connectivity index (χ1) is 11.6. The number of nitrogens with two attached hydrogens (primary N) is 1. The van der Waals surface area contributed by atoms with Crippen LogP contribution in [-0.4, -0.2) is 72.0 Å². The predicted octanol–water partition coefficient (Wildman–Crippen LogP) is 1.14.